The molecule has 5 nitrogen and oxygen atoms in total. The van der Waals surface area contributed by atoms with Gasteiger partial charge in [0, 0.05) is 22.7 Å². The van der Waals surface area contributed by atoms with Gasteiger partial charge >= 0.3 is 5.97 Å². The molecular formula is C19H14F3NO4. The SMILES string of the molecule is Cc1c(C(=O)O[C@@H](C)C(=O)Nc2ccc(F)c(F)c2)oc2ccc(F)cc12. The second kappa shape index (κ2) is 7.14. The van der Waals surface area contributed by atoms with Crippen LogP contribution in [0.1, 0.15) is 23.0 Å². The first-order chi connectivity index (χ1) is 12.8. The van der Waals surface area contributed by atoms with Gasteiger partial charge in [-0.2, -0.15) is 0 Å². The van der Waals surface area contributed by atoms with Crippen LogP contribution in [0.25, 0.3) is 11.0 Å². The van der Waals surface area contributed by atoms with Gasteiger partial charge in [0.15, 0.2) is 17.7 Å². The van der Waals surface area contributed by atoms with Crippen molar-refractivity contribution in [2.75, 3.05) is 5.32 Å². The Kier molecular flexibility index (Phi) is 4.89. The Bertz CT molecular complexity index is 1040. The van der Waals surface area contributed by atoms with Gasteiger partial charge in [0.2, 0.25) is 5.76 Å². The molecule has 1 heterocycles. The van der Waals surface area contributed by atoms with Crippen LogP contribution in [0.15, 0.2) is 40.8 Å². The largest absolute Gasteiger partial charge is 0.449 e. The highest BCUT2D eigenvalue weighted by atomic mass is 19.2. The molecule has 1 amide bonds. The zero-order chi connectivity index (χ0) is 19.7. The van der Waals surface area contributed by atoms with Crippen molar-refractivity contribution in [2.45, 2.75) is 20.0 Å². The van der Waals surface area contributed by atoms with Crippen molar-refractivity contribution in [2.24, 2.45) is 0 Å². The lowest BCUT2D eigenvalue weighted by Crippen LogP contribution is -2.30. The van der Waals surface area contributed by atoms with E-state index in [0.29, 0.717) is 16.5 Å². The molecule has 1 aromatic heterocycles. The molecular weight excluding hydrogens is 363 g/mol. The molecule has 1 N–H and O–H groups in total. The molecule has 0 radical (unpaired) electrons. The monoisotopic (exact) mass is 377 g/mol. The highest BCUT2D eigenvalue weighted by Gasteiger charge is 2.24. The molecule has 8 heteroatoms. The summed E-state index contributed by atoms with van der Waals surface area (Å²) in [5, 5.41) is 2.73. The normalized spacial score (nSPS) is 12.0. The van der Waals surface area contributed by atoms with Crippen molar-refractivity contribution >= 4 is 28.5 Å². The molecule has 0 aliphatic rings. The Morgan fingerprint density at radius 1 is 1.07 bits per heavy atom. The second-order valence-corrected chi connectivity index (χ2v) is 5.86. The number of furan rings is 1. The standard InChI is InChI=1S/C19H14F3NO4/c1-9-13-7-11(20)3-6-16(13)27-17(9)19(25)26-10(2)18(24)23-12-4-5-14(21)15(22)8-12/h3-8,10H,1-2H3,(H,23,24)/t10-/m0/s1. The van der Waals surface area contributed by atoms with Gasteiger partial charge in [-0.1, -0.05) is 0 Å². The van der Waals surface area contributed by atoms with Crippen LogP contribution in [0, 0.1) is 24.4 Å². The minimum atomic E-state index is -1.24. The number of rotatable bonds is 4. The molecule has 2 aromatic carbocycles. The summed E-state index contributed by atoms with van der Waals surface area (Å²) in [5.74, 6) is -4.45. The van der Waals surface area contributed by atoms with Gasteiger partial charge in [0.05, 0.1) is 0 Å². The van der Waals surface area contributed by atoms with E-state index in [-0.39, 0.29) is 11.4 Å². The van der Waals surface area contributed by atoms with Gasteiger partial charge in [0.25, 0.3) is 5.91 Å². The molecule has 0 bridgehead atoms. The van der Waals surface area contributed by atoms with Crippen molar-refractivity contribution in [1.29, 1.82) is 0 Å². The fourth-order valence-electron chi connectivity index (χ4n) is 2.47. The van der Waals surface area contributed by atoms with Crippen LogP contribution < -0.4 is 5.32 Å². The maximum absolute atomic E-state index is 13.3. The van der Waals surface area contributed by atoms with Crippen LogP contribution in [0.2, 0.25) is 0 Å². The minimum Gasteiger partial charge on any atom is -0.449 e. The van der Waals surface area contributed by atoms with E-state index < -0.39 is 35.4 Å². The number of nitrogens with one attached hydrogen (secondary N) is 1. The molecule has 0 saturated heterocycles. The molecule has 0 spiro atoms. The molecule has 27 heavy (non-hydrogen) atoms. The Morgan fingerprint density at radius 3 is 2.52 bits per heavy atom. The van der Waals surface area contributed by atoms with Crippen LogP contribution >= 0.6 is 0 Å². The Labute approximate surface area is 151 Å². The zero-order valence-electron chi connectivity index (χ0n) is 14.3. The maximum Gasteiger partial charge on any atom is 0.375 e. The van der Waals surface area contributed by atoms with Crippen molar-refractivity contribution < 1.29 is 31.9 Å². The van der Waals surface area contributed by atoms with E-state index in [1.54, 1.807) is 6.92 Å². The van der Waals surface area contributed by atoms with E-state index in [0.717, 1.165) is 12.1 Å². The van der Waals surface area contributed by atoms with Gasteiger partial charge in [-0.15, -0.1) is 0 Å². The first-order valence-corrected chi connectivity index (χ1v) is 7.92. The topological polar surface area (TPSA) is 68.5 Å². The lowest BCUT2D eigenvalue weighted by molar-refractivity contribution is -0.123. The van der Waals surface area contributed by atoms with Gasteiger partial charge in [0.1, 0.15) is 11.4 Å². The van der Waals surface area contributed by atoms with E-state index in [1.165, 1.54) is 31.2 Å². The summed E-state index contributed by atoms with van der Waals surface area (Å²) in [5.41, 5.74) is 0.694. The summed E-state index contributed by atoms with van der Waals surface area (Å²) in [7, 11) is 0. The third-order valence-electron chi connectivity index (χ3n) is 3.92. The number of anilines is 1. The van der Waals surface area contributed by atoms with Crippen LogP contribution in [0.5, 0.6) is 0 Å². The molecule has 3 rings (SSSR count). The van der Waals surface area contributed by atoms with Crippen LogP contribution in [0.3, 0.4) is 0 Å². The van der Waals surface area contributed by atoms with Crippen molar-refractivity contribution in [3.05, 3.63) is 65.2 Å². The van der Waals surface area contributed by atoms with Crippen molar-refractivity contribution in [1.82, 2.24) is 0 Å². The van der Waals surface area contributed by atoms with Crippen LogP contribution in [-0.2, 0) is 9.53 Å². The number of hydrogen-bond acceptors (Lipinski definition) is 4. The fourth-order valence-corrected chi connectivity index (χ4v) is 2.47. The molecule has 3 aromatic rings. The predicted molar refractivity (Wildman–Crippen MR) is 90.8 cm³/mol. The number of ether oxygens (including phenoxy) is 1. The van der Waals surface area contributed by atoms with Crippen molar-refractivity contribution in [3.8, 4) is 0 Å². The predicted octanol–water partition coefficient (Wildman–Crippen LogP) is 4.34. The zero-order valence-corrected chi connectivity index (χ0v) is 14.3. The number of fused-ring (bicyclic) bond motifs is 1. The minimum absolute atomic E-state index is 0.0113. The highest BCUT2D eigenvalue weighted by Crippen LogP contribution is 2.26. The fraction of sp³-hybridized carbons (Fsp3) is 0.158. The number of hydrogen-bond donors (Lipinski definition) is 1. The summed E-state index contributed by atoms with van der Waals surface area (Å²) >= 11 is 0. The number of halogens is 3. The molecule has 0 aliphatic heterocycles. The third kappa shape index (κ3) is 3.79. The number of aryl methyl sites for hydroxylation is 1. The summed E-state index contributed by atoms with van der Waals surface area (Å²) in [6.07, 6.45) is -1.24. The Balaban J connectivity index is 1.72. The first-order valence-electron chi connectivity index (χ1n) is 7.92. The van der Waals surface area contributed by atoms with Gasteiger partial charge in [-0.3, -0.25) is 4.79 Å². The average molecular weight is 377 g/mol. The van der Waals surface area contributed by atoms with E-state index in [9.17, 15) is 22.8 Å². The van der Waals surface area contributed by atoms with Gasteiger partial charge in [-0.25, -0.2) is 18.0 Å². The third-order valence-corrected chi connectivity index (χ3v) is 3.92. The second-order valence-electron chi connectivity index (χ2n) is 5.86. The van der Waals surface area contributed by atoms with Crippen molar-refractivity contribution in [3.63, 3.8) is 0 Å². The van der Waals surface area contributed by atoms with E-state index in [4.69, 9.17) is 9.15 Å². The Hall–Kier alpha value is -3.29. The summed E-state index contributed by atoms with van der Waals surface area (Å²) in [6.45, 7) is 2.87. The highest BCUT2D eigenvalue weighted by molar-refractivity contribution is 5.99. The molecule has 0 unspecified atom stereocenters. The first kappa shape index (κ1) is 18.5. The Morgan fingerprint density at radius 2 is 1.81 bits per heavy atom. The van der Waals surface area contributed by atoms with Gasteiger partial charge < -0.3 is 14.5 Å². The maximum atomic E-state index is 13.3. The number of carbonyl (C=O) groups is 2. The van der Waals surface area contributed by atoms with Gasteiger partial charge in [-0.05, 0) is 44.2 Å². The smallest absolute Gasteiger partial charge is 0.375 e. The summed E-state index contributed by atoms with van der Waals surface area (Å²) < 4.78 is 49.9. The van der Waals surface area contributed by atoms with E-state index in [2.05, 4.69) is 5.32 Å². The summed E-state index contributed by atoms with van der Waals surface area (Å²) in [6, 6.07) is 6.64. The van der Waals surface area contributed by atoms with E-state index in [1.807, 2.05) is 0 Å². The molecule has 140 valence electrons. The number of carbonyl (C=O) groups excluding carboxylic acids is 2. The molecule has 0 aliphatic carbocycles. The number of esters is 1. The summed E-state index contributed by atoms with van der Waals surface area (Å²) in [4.78, 5) is 24.4. The lowest BCUT2D eigenvalue weighted by Gasteiger charge is -2.13. The van der Waals surface area contributed by atoms with Crippen LogP contribution in [-0.4, -0.2) is 18.0 Å². The number of amides is 1. The molecule has 0 fully saturated rings. The quantitative estimate of drug-likeness (QED) is 0.687. The van der Waals surface area contributed by atoms with Crippen LogP contribution in [0.4, 0.5) is 18.9 Å². The molecule has 0 saturated carbocycles. The van der Waals surface area contributed by atoms with E-state index >= 15 is 0 Å². The molecule has 1 atom stereocenters. The number of benzene rings is 2. The average Bonchev–Trinajstić information content (AvgIpc) is 2.94. The lowest BCUT2D eigenvalue weighted by atomic mass is 10.1.